The van der Waals surface area contributed by atoms with Crippen molar-refractivity contribution in [3.8, 4) is 5.75 Å². The fraction of sp³-hybridized carbons (Fsp3) is 0.625. The topological polar surface area (TPSA) is 29.5 Å². The molecule has 0 saturated carbocycles. The van der Waals surface area contributed by atoms with Crippen LogP contribution in [0.4, 0.5) is 4.39 Å². The fourth-order valence-electron chi connectivity index (χ4n) is 2.64. The molecular formula is C16H23FO2. The third-order valence-electron chi connectivity index (χ3n) is 3.74. The maximum absolute atomic E-state index is 13.1. The second-order valence-electron chi connectivity index (χ2n) is 5.38. The standard InChI is InChI=1S/C16H23FO2/c1-2-3-4-5-6-7-13-11-15(18)14-10-12(17)8-9-16(14)19-13/h8-10,13,15,18H,2-7,11H2,1H3/t13?,15-/m1/s1. The van der Waals surface area contributed by atoms with Crippen LogP contribution < -0.4 is 4.74 Å². The van der Waals surface area contributed by atoms with E-state index in [1.807, 2.05) is 0 Å². The number of hydrogen-bond acceptors (Lipinski definition) is 2. The third kappa shape index (κ3) is 3.93. The van der Waals surface area contributed by atoms with Crippen LogP contribution in [0.5, 0.6) is 5.75 Å². The highest BCUT2D eigenvalue weighted by Gasteiger charge is 2.26. The van der Waals surface area contributed by atoms with Crippen molar-refractivity contribution in [3.05, 3.63) is 29.6 Å². The molecule has 1 unspecified atom stereocenters. The van der Waals surface area contributed by atoms with Gasteiger partial charge in [-0.15, -0.1) is 0 Å². The first-order valence-electron chi connectivity index (χ1n) is 7.35. The van der Waals surface area contributed by atoms with Gasteiger partial charge in [0.05, 0.1) is 6.10 Å². The quantitative estimate of drug-likeness (QED) is 0.775. The number of hydrogen-bond donors (Lipinski definition) is 1. The molecule has 1 aliphatic rings. The van der Waals surface area contributed by atoms with E-state index in [1.165, 1.54) is 37.8 Å². The van der Waals surface area contributed by atoms with Gasteiger partial charge in [0.25, 0.3) is 0 Å². The molecule has 2 rings (SSSR count). The van der Waals surface area contributed by atoms with Gasteiger partial charge in [0, 0.05) is 12.0 Å². The molecule has 1 aliphatic heterocycles. The van der Waals surface area contributed by atoms with Gasteiger partial charge in [0.15, 0.2) is 0 Å². The molecular weight excluding hydrogens is 243 g/mol. The highest BCUT2D eigenvalue weighted by molar-refractivity contribution is 5.37. The van der Waals surface area contributed by atoms with Crippen LogP contribution >= 0.6 is 0 Å². The molecule has 1 heterocycles. The summed E-state index contributed by atoms with van der Waals surface area (Å²) in [5, 5.41) is 10.1. The third-order valence-corrected chi connectivity index (χ3v) is 3.74. The summed E-state index contributed by atoms with van der Waals surface area (Å²) >= 11 is 0. The molecule has 0 aliphatic carbocycles. The highest BCUT2D eigenvalue weighted by Crippen LogP contribution is 2.36. The lowest BCUT2D eigenvalue weighted by Crippen LogP contribution is -2.25. The van der Waals surface area contributed by atoms with Crippen molar-refractivity contribution in [2.24, 2.45) is 0 Å². The molecule has 0 fully saturated rings. The first-order valence-corrected chi connectivity index (χ1v) is 7.35. The van der Waals surface area contributed by atoms with E-state index in [0.29, 0.717) is 17.7 Å². The van der Waals surface area contributed by atoms with Crippen molar-refractivity contribution >= 4 is 0 Å². The van der Waals surface area contributed by atoms with E-state index in [4.69, 9.17) is 4.74 Å². The first kappa shape index (κ1) is 14.3. The monoisotopic (exact) mass is 266 g/mol. The van der Waals surface area contributed by atoms with Gasteiger partial charge in [-0.05, 0) is 31.0 Å². The number of halogens is 1. The second-order valence-corrected chi connectivity index (χ2v) is 5.38. The summed E-state index contributed by atoms with van der Waals surface area (Å²) in [4.78, 5) is 0. The molecule has 0 aromatic heterocycles. The average molecular weight is 266 g/mol. The minimum atomic E-state index is -0.597. The van der Waals surface area contributed by atoms with E-state index in [9.17, 15) is 9.50 Å². The van der Waals surface area contributed by atoms with Crippen molar-refractivity contribution in [2.75, 3.05) is 0 Å². The lowest BCUT2D eigenvalue weighted by atomic mass is 9.96. The van der Waals surface area contributed by atoms with Gasteiger partial charge in [-0.3, -0.25) is 0 Å². The summed E-state index contributed by atoms with van der Waals surface area (Å²) in [7, 11) is 0. The van der Waals surface area contributed by atoms with Crippen LogP contribution in [0.3, 0.4) is 0 Å². The molecule has 0 bridgehead atoms. The number of benzene rings is 1. The summed E-state index contributed by atoms with van der Waals surface area (Å²) in [6.45, 7) is 2.21. The van der Waals surface area contributed by atoms with Crippen molar-refractivity contribution in [3.63, 3.8) is 0 Å². The SMILES string of the molecule is CCCCCCCC1C[C@@H](O)c2cc(F)ccc2O1. The molecule has 1 N–H and O–H groups in total. The van der Waals surface area contributed by atoms with Gasteiger partial charge in [0.2, 0.25) is 0 Å². The summed E-state index contributed by atoms with van der Waals surface area (Å²) < 4.78 is 19.0. The molecule has 106 valence electrons. The number of aliphatic hydroxyl groups excluding tert-OH is 1. The summed E-state index contributed by atoms with van der Waals surface area (Å²) in [6.07, 6.45) is 7.17. The van der Waals surface area contributed by atoms with Crippen LogP contribution in [0.25, 0.3) is 0 Å². The molecule has 3 heteroatoms. The Hall–Kier alpha value is -1.09. The Bertz CT molecular complexity index is 406. The Morgan fingerprint density at radius 3 is 2.84 bits per heavy atom. The van der Waals surface area contributed by atoms with Crippen molar-refractivity contribution in [1.29, 1.82) is 0 Å². The molecule has 19 heavy (non-hydrogen) atoms. The van der Waals surface area contributed by atoms with Crippen molar-refractivity contribution in [1.82, 2.24) is 0 Å². The minimum absolute atomic E-state index is 0.0644. The predicted octanol–water partition coefficient (Wildman–Crippen LogP) is 4.37. The highest BCUT2D eigenvalue weighted by atomic mass is 19.1. The number of rotatable bonds is 6. The van der Waals surface area contributed by atoms with E-state index in [-0.39, 0.29) is 11.9 Å². The lowest BCUT2D eigenvalue weighted by Gasteiger charge is -2.29. The van der Waals surface area contributed by atoms with Crippen LogP contribution in [-0.2, 0) is 0 Å². The Kier molecular flexibility index (Phi) is 5.20. The summed E-state index contributed by atoms with van der Waals surface area (Å²) in [5.74, 6) is 0.318. The molecule has 1 aromatic carbocycles. The lowest BCUT2D eigenvalue weighted by molar-refractivity contribution is 0.0601. The number of ether oxygens (including phenoxy) is 1. The Balaban J connectivity index is 1.85. The van der Waals surface area contributed by atoms with Crippen molar-refractivity contribution in [2.45, 2.75) is 64.1 Å². The van der Waals surface area contributed by atoms with E-state index >= 15 is 0 Å². The molecule has 1 aromatic rings. The maximum Gasteiger partial charge on any atom is 0.125 e. The largest absolute Gasteiger partial charge is 0.490 e. The van der Waals surface area contributed by atoms with Gasteiger partial charge in [0.1, 0.15) is 17.7 Å². The zero-order chi connectivity index (χ0) is 13.7. The van der Waals surface area contributed by atoms with E-state index < -0.39 is 6.10 Å². The van der Waals surface area contributed by atoms with Crippen molar-refractivity contribution < 1.29 is 14.2 Å². The molecule has 2 atom stereocenters. The zero-order valence-corrected chi connectivity index (χ0v) is 11.6. The number of fused-ring (bicyclic) bond motifs is 1. The predicted molar refractivity (Wildman–Crippen MR) is 73.8 cm³/mol. The minimum Gasteiger partial charge on any atom is -0.490 e. The maximum atomic E-state index is 13.1. The normalized spacial score (nSPS) is 21.8. The van der Waals surface area contributed by atoms with Gasteiger partial charge < -0.3 is 9.84 Å². The Morgan fingerprint density at radius 2 is 2.05 bits per heavy atom. The molecule has 2 nitrogen and oxygen atoms in total. The summed E-state index contributed by atoms with van der Waals surface area (Å²) in [5.41, 5.74) is 0.585. The van der Waals surface area contributed by atoms with Crippen LogP contribution in [0, 0.1) is 5.82 Å². The fourth-order valence-corrected chi connectivity index (χ4v) is 2.64. The molecule has 0 amide bonds. The van der Waals surface area contributed by atoms with Crippen LogP contribution in [0.1, 0.15) is 63.5 Å². The molecule has 0 radical (unpaired) electrons. The Labute approximate surface area is 114 Å². The number of aliphatic hydroxyl groups is 1. The van der Waals surface area contributed by atoms with E-state index in [2.05, 4.69) is 6.92 Å². The molecule has 0 saturated heterocycles. The van der Waals surface area contributed by atoms with Crippen LogP contribution in [-0.4, -0.2) is 11.2 Å². The van der Waals surface area contributed by atoms with Gasteiger partial charge in [-0.2, -0.15) is 0 Å². The first-order chi connectivity index (χ1) is 9.20. The zero-order valence-electron chi connectivity index (χ0n) is 11.6. The Morgan fingerprint density at radius 1 is 1.26 bits per heavy atom. The van der Waals surface area contributed by atoms with Crippen LogP contribution in [0.15, 0.2) is 18.2 Å². The van der Waals surface area contributed by atoms with E-state index in [0.717, 1.165) is 12.8 Å². The van der Waals surface area contributed by atoms with Crippen LogP contribution in [0.2, 0.25) is 0 Å². The van der Waals surface area contributed by atoms with Gasteiger partial charge >= 0.3 is 0 Å². The van der Waals surface area contributed by atoms with E-state index in [1.54, 1.807) is 6.07 Å². The number of unbranched alkanes of at least 4 members (excludes halogenated alkanes) is 4. The average Bonchev–Trinajstić information content (AvgIpc) is 2.39. The smallest absolute Gasteiger partial charge is 0.125 e. The molecule has 0 spiro atoms. The second kappa shape index (κ2) is 6.90. The van der Waals surface area contributed by atoms with Gasteiger partial charge in [-0.1, -0.05) is 32.6 Å². The summed E-state index contributed by atoms with van der Waals surface area (Å²) in [6, 6.07) is 4.38. The van der Waals surface area contributed by atoms with Gasteiger partial charge in [-0.25, -0.2) is 4.39 Å².